The summed E-state index contributed by atoms with van der Waals surface area (Å²) >= 11 is 0. The molecule has 0 aliphatic carbocycles. The first kappa shape index (κ1) is 11.7. The van der Waals surface area contributed by atoms with Crippen LogP contribution in [0.15, 0.2) is 36.7 Å². The van der Waals surface area contributed by atoms with Gasteiger partial charge < -0.3 is 0 Å². The zero-order chi connectivity index (χ0) is 13.6. The minimum atomic E-state index is -1.71. The molecular formula is C13H6F4N2. The van der Waals surface area contributed by atoms with Crippen LogP contribution in [-0.2, 0) is 0 Å². The minimum absolute atomic E-state index is 0.308. The molecule has 1 heterocycles. The van der Waals surface area contributed by atoms with Crippen molar-refractivity contribution in [1.29, 1.82) is 0 Å². The third-order valence-electron chi connectivity index (χ3n) is 2.78. The molecule has 0 fully saturated rings. The van der Waals surface area contributed by atoms with Crippen LogP contribution >= 0.6 is 0 Å². The van der Waals surface area contributed by atoms with E-state index in [0.29, 0.717) is 17.1 Å². The van der Waals surface area contributed by atoms with Crippen molar-refractivity contribution in [2.24, 2.45) is 0 Å². The molecule has 96 valence electrons. The number of fused-ring (bicyclic) bond motifs is 1. The van der Waals surface area contributed by atoms with E-state index < -0.39 is 29.0 Å². The summed E-state index contributed by atoms with van der Waals surface area (Å²) in [5, 5.41) is 0. The molecule has 0 aliphatic heterocycles. The zero-order valence-electron chi connectivity index (χ0n) is 9.37. The van der Waals surface area contributed by atoms with Crippen molar-refractivity contribution >= 4 is 11.0 Å². The van der Waals surface area contributed by atoms with Gasteiger partial charge in [-0.2, -0.15) is 0 Å². The molecule has 0 N–H and O–H groups in total. The van der Waals surface area contributed by atoms with Crippen molar-refractivity contribution < 1.29 is 17.6 Å². The fraction of sp³-hybridized carbons (Fsp3) is 0. The third-order valence-corrected chi connectivity index (χ3v) is 2.78. The summed E-state index contributed by atoms with van der Waals surface area (Å²) in [7, 11) is 0. The first-order valence-corrected chi connectivity index (χ1v) is 5.35. The Morgan fingerprint density at radius 3 is 2.42 bits per heavy atom. The lowest BCUT2D eigenvalue weighted by Gasteiger charge is -2.08. The number of imidazole rings is 1. The summed E-state index contributed by atoms with van der Waals surface area (Å²) in [5.41, 5.74) is 0.199. The maximum Gasteiger partial charge on any atom is 0.196 e. The van der Waals surface area contributed by atoms with Crippen molar-refractivity contribution in [2.75, 3.05) is 0 Å². The highest BCUT2D eigenvalue weighted by atomic mass is 19.2. The third kappa shape index (κ3) is 1.68. The summed E-state index contributed by atoms with van der Waals surface area (Å²) in [5.74, 6) is -6.06. The second-order valence-electron chi connectivity index (χ2n) is 3.92. The molecule has 19 heavy (non-hydrogen) atoms. The average molecular weight is 266 g/mol. The molecule has 0 radical (unpaired) electrons. The minimum Gasteiger partial charge on any atom is -0.293 e. The van der Waals surface area contributed by atoms with Gasteiger partial charge in [0.2, 0.25) is 0 Å². The predicted octanol–water partition coefficient (Wildman–Crippen LogP) is 3.58. The molecule has 0 atom stereocenters. The van der Waals surface area contributed by atoms with Crippen molar-refractivity contribution in [3.8, 4) is 5.69 Å². The van der Waals surface area contributed by atoms with Gasteiger partial charge in [0.1, 0.15) is 12.0 Å². The smallest absolute Gasteiger partial charge is 0.196 e. The average Bonchev–Trinajstić information content (AvgIpc) is 2.81. The van der Waals surface area contributed by atoms with Gasteiger partial charge in [-0.05, 0) is 12.1 Å². The Kier molecular flexibility index (Phi) is 2.51. The van der Waals surface area contributed by atoms with E-state index in [2.05, 4.69) is 4.98 Å². The molecule has 0 saturated heterocycles. The Bertz CT molecular complexity index is 780. The fourth-order valence-electron chi connectivity index (χ4n) is 1.91. The topological polar surface area (TPSA) is 17.8 Å². The lowest BCUT2D eigenvalue weighted by molar-refractivity contribution is 0.431. The van der Waals surface area contributed by atoms with Crippen molar-refractivity contribution in [3.05, 3.63) is 59.9 Å². The summed E-state index contributed by atoms with van der Waals surface area (Å²) < 4.78 is 54.6. The number of hydrogen-bond acceptors (Lipinski definition) is 1. The molecule has 0 spiro atoms. The van der Waals surface area contributed by atoms with Crippen LogP contribution in [0.25, 0.3) is 16.7 Å². The Hall–Kier alpha value is -2.37. The second kappa shape index (κ2) is 4.08. The highest BCUT2D eigenvalue weighted by Crippen LogP contribution is 2.25. The maximum absolute atomic E-state index is 13.7. The maximum atomic E-state index is 13.7. The lowest BCUT2D eigenvalue weighted by atomic mass is 10.2. The molecule has 0 saturated carbocycles. The van der Waals surface area contributed by atoms with Crippen LogP contribution in [0.1, 0.15) is 0 Å². The molecule has 0 bridgehead atoms. The number of para-hydroxylation sites is 2. The Morgan fingerprint density at radius 2 is 1.63 bits per heavy atom. The molecular weight excluding hydrogens is 260 g/mol. The van der Waals surface area contributed by atoms with E-state index in [4.69, 9.17) is 0 Å². The van der Waals surface area contributed by atoms with Crippen LogP contribution < -0.4 is 0 Å². The largest absolute Gasteiger partial charge is 0.293 e. The highest BCUT2D eigenvalue weighted by molar-refractivity contribution is 5.77. The molecule has 3 aromatic rings. The van der Waals surface area contributed by atoms with Crippen molar-refractivity contribution in [2.45, 2.75) is 0 Å². The standard InChI is InChI=1S/C13H6F4N2/c14-7-5-8(15)13(12(17)11(7)16)19-6-18-9-3-1-2-4-10(9)19/h1-6H. The van der Waals surface area contributed by atoms with E-state index >= 15 is 0 Å². The van der Waals surface area contributed by atoms with E-state index in [1.165, 1.54) is 0 Å². The summed E-state index contributed by atoms with van der Waals surface area (Å²) in [6.07, 6.45) is 1.16. The van der Waals surface area contributed by atoms with Gasteiger partial charge in [-0.1, -0.05) is 12.1 Å². The normalized spacial score (nSPS) is 11.2. The van der Waals surface area contributed by atoms with E-state index in [0.717, 1.165) is 10.9 Å². The van der Waals surface area contributed by atoms with E-state index in [1.54, 1.807) is 24.3 Å². The van der Waals surface area contributed by atoms with Crippen LogP contribution in [-0.4, -0.2) is 9.55 Å². The van der Waals surface area contributed by atoms with Gasteiger partial charge in [0.25, 0.3) is 0 Å². The Labute approximate surface area is 104 Å². The van der Waals surface area contributed by atoms with Crippen molar-refractivity contribution in [3.63, 3.8) is 0 Å². The quantitative estimate of drug-likeness (QED) is 0.374. The van der Waals surface area contributed by atoms with Gasteiger partial charge in [0.15, 0.2) is 23.3 Å². The van der Waals surface area contributed by atoms with E-state index in [-0.39, 0.29) is 0 Å². The SMILES string of the molecule is Fc1cc(F)c(-n2cnc3ccccc32)c(F)c1F. The molecule has 6 heteroatoms. The number of halogens is 4. The highest BCUT2D eigenvalue weighted by Gasteiger charge is 2.21. The monoisotopic (exact) mass is 266 g/mol. The first-order valence-electron chi connectivity index (χ1n) is 5.35. The number of rotatable bonds is 1. The van der Waals surface area contributed by atoms with Gasteiger partial charge in [0.05, 0.1) is 11.0 Å². The molecule has 0 unspecified atom stereocenters. The summed E-state index contributed by atoms with van der Waals surface area (Å²) in [6, 6.07) is 6.88. The second-order valence-corrected chi connectivity index (χ2v) is 3.92. The molecule has 0 aliphatic rings. The first-order chi connectivity index (χ1) is 9.09. The molecule has 2 aromatic carbocycles. The lowest BCUT2D eigenvalue weighted by Crippen LogP contribution is -2.05. The van der Waals surface area contributed by atoms with Crippen LogP contribution in [0.4, 0.5) is 17.6 Å². The zero-order valence-corrected chi connectivity index (χ0v) is 9.37. The number of hydrogen-bond donors (Lipinski definition) is 0. The van der Waals surface area contributed by atoms with Gasteiger partial charge in [-0.25, -0.2) is 22.5 Å². The van der Waals surface area contributed by atoms with E-state index in [9.17, 15) is 17.6 Å². The van der Waals surface area contributed by atoms with Gasteiger partial charge in [0, 0.05) is 6.07 Å². The van der Waals surface area contributed by atoms with Gasteiger partial charge in [-0.3, -0.25) is 4.57 Å². The van der Waals surface area contributed by atoms with Crippen LogP contribution in [0.3, 0.4) is 0 Å². The van der Waals surface area contributed by atoms with E-state index in [1.807, 2.05) is 0 Å². The summed E-state index contributed by atoms with van der Waals surface area (Å²) in [4.78, 5) is 3.94. The fourth-order valence-corrected chi connectivity index (χ4v) is 1.91. The number of benzene rings is 2. The molecule has 2 nitrogen and oxygen atoms in total. The predicted molar refractivity (Wildman–Crippen MR) is 60.9 cm³/mol. The van der Waals surface area contributed by atoms with Crippen LogP contribution in [0.2, 0.25) is 0 Å². The molecule has 0 amide bonds. The molecule has 1 aromatic heterocycles. The van der Waals surface area contributed by atoms with Crippen LogP contribution in [0, 0.1) is 23.3 Å². The number of nitrogens with zero attached hydrogens (tertiary/aromatic N) is 2. The van der Waals surface area contributed by atoms with Gasteiger partial charge >= 0.3 is 0 Å². The van der Waals surface area contributed by atoms with Crippen molar-refractivity contribution in [1.82, 2.24) is 9.55 Å². The summed E-state index contributed by atoms with van der Waals surface area (Å²) in [6.45, 7) is 0. The Morgan fingerprint density at radius 1 is 0.895 bits per heavy atom. The van der Waals surface area contributed by atoms with Gasteiger partial charge in [-0.15, -0.1) is 0 Å². The molecule has 3 rings (SSSR count). The number of aromatic nitrogens is 2. The van der Waals surface area contributed by atoms with Crippen LogP contribution in [0.5, 0.6) is 0 Å². The Balaban J connectivity index is 2.36.